The topological polar surface area (TPSA) is 77.2 Å². The minimum absolute atomic E-state index is 0.164. The number of carbonyl (C=O) groups is 1. The summed E-state index contributed by atoms with van der Waals surface area (Å²) in [5.41, 5.74) is 9.17. The van der Waals surface area contributed by atoms with Crippen molar-refractivity contribution in [3.8, 4) is 16.2 Å². The standard InChI is InChI=1S/C16H22FNO.C13H9ClN2O2S/c17-15-12-13(4-3-11-18-9-1-2-10-18)5-8-16(15)19-14-6-7-14;14-11-4-3-10(19-11)7-1-2-9-8(5-7)6-18-16-12(9)13(15)17/h5,8,12,14H,1-4,6-7,9-11H2;1-5H,6H2,(H2,15,17). The van der Waals surface area contributed by atoms with E-state index in [0.29, 0.717) is 12.4 Å². The van der Waals surface area contributed by atoms with Crippen molar-refractivity contribution >= 4 is 34.6 Å². The van der Waals surface area contributed by atoms with Gasteiger partial charge in [0.25, 0.3) is 5.91 Å². The lowest BCUT2D eigenvalue weighted by Gasteiger charge is -2.15. The molecule has 0 bridgehead atoms. The van der Waals surface area contributed by atoms with Gasteiger partial charge >= 0.3 is 0 Å². The van der Waals surface area contributed by atoms with Gasteiger partial charge in [-0.05, 0) is 99.6 Å². The fourth-order valence-electron chi connectivity index (χ4n) is 4.63. The summed E-state index contributed by atoms with van der Waals surface area (Å²) in [6.45, 7) is 3.95. The number of hydrogen-bond donors (Lipinski definition) is 1. The van der Waals surface area contributed by atoms with Gasteiger partial charge in [0.05, 0.1) is 10.4 Å². The number of amides is 1. The number of nitrogens with zero attached hydrogens (tertiary/aromatic N) is 2. The summed E-state index contributed by atoms with van der Waals surface area (Å²) in [6.07, 6.45) is 7.13. The van der Waals surface area contributed by atoms with Crippen LogP contribution in [0.3, 0.4) is 0 Å². The van der Waals surface area contributed by atoms with Gasteiger partial charge in [0.2, 0.25) is 0 Å². The van der Waals surface area contributed by atoms with Crippen LogP contribution in [-0.4, -0.2) is 42.3 Å². The lowest BCUT2D eigenvalue weighted by Crippen LogP contribution is -2.27. The highest BCUT2D eigenvalue weighted by molar-refractivity contribution is 7.19. The van der Waals surface area contributed by atoms with Crippen LogP contribution in [0.15, 0.2) is 53.7 Å². The number of halogens is 2. The fourth-order valence-corrected chi connectivity index (χ4v) is 5.67. The molecule has 0 radical (unpaired) electrons. The number of fused-ring (bicyclic) bond motifs is 1. The molecule has 38 heavy (non-hydrogen) atoms. The number of benzene rings is 2. The summed E-state index contributed by atoms with van der Waals surface area (Å²) in [7, 11) is 0. The third kappa shape index (κ3) is 6.92. The van der Waals surface area contributed by atoms with E-state index in [4.69, 9.17) is 26.9 Å². The first-order valence-electron chi connectivity index (χ1n) is 13.0. The molecule has 1 saturated heterocycles. The molecule has 0 atom stereocenters. The minimum Gasteiger partial charge on any atom is -0.487 e. The lowest BCUT2D eigenvalue weighted by molar-refractivity contribution is -0.112. The molecule has 9 heteroatoms. The molecule has 3 aliphatic rings. The van der Waals surface area contributed by atoms with Crippen molar-refractivity contribution in [2.45, 2.75) is 51.2 Å². The summed E-state index contributed by atoms with van der Waals surface area (Å²) < 4.78 is 20.1. The molecule has 200 valence electrons. The summed E-state index contributed by atoms with van der Waals surface area (Å²) in [6, 6.07) is 15.0. The second kappa shape index (κ2) is 12.3. The number of rotatable bonds is 8. The Labute approximate surface area is 231 Å². The van der Waals surface area contributed by atoms with Gasteiger partial charge in [-0.1, -0.05) is 35.0 Å². The molecule has 1 aliphatic carbocycles. The predicted molar refractivity (Wildman–Crippen MR) is 149 cm³/mol. The van der Waals surface area contributed by atoms with E-state index in [9.17, 15) is 9.18 Å². The zero-order chi connectivity index (χ0) is 26.5. The molecule has 2 N–H and O–H groups in total. The average molecular weight is 556 g/mol. The van der Waals surface area contributed by atoms with Crippen LogP contribution in [0.1, 0.15) is 48.8 Å². The molecule has 0 unspecified atom stereocenters. The normalized spacial score (nSPS) is 16.6. The van der Waals surface area contributed by atoms with E-state index in [1.165, 1.54) is 37.3 Å². The van der Waals surface area contributed by atoms with Crippen molar-refractivity contribution in [3.05, 3.63) is 75.4 Å². The Morgan fingerprint density at radius 1 is 1.16 bits per heavy atom. The molecule has 6 nitrogen and oxygen atoms in total. The zero-order valence-corrected chi connectivity index (χ0v) is 22.7. The van der Waals surface area contributed by atoms with E-state index in [-0.39, 0.29) is 17.6 Å². The van der Waals surface area contributed by atoms with E-state index in [0.717, 1.165) is 63.7 Å². The van der Waals surface area contributed by atoms with Gasteiger partial charge in [-0.2, -0.15) is 0 Å². The SMILES string of the molecule is Fc1cc(CCCN2CCCC2)ccc1OC1CC1.NC(=O)C1=NOCc2cc(-c3ccc(Cl)s3)ccc21. The van der Waals surface area contributed by atoms with Gasteiger partial charge in [0.15, 0.2) is 17.3 Å². The number of hydrogen-bond acceptors (Lipinski definition) is 6. The monoisotopic (exact) mass is 555 g/mol. The lowest BCUT2D eigenvalue weighted by atomic mass is 9.99. The Kier molecular flexibility index (Phi) is 8.61. The molecular weight excluding hydrogens is 525 g/mol. The number of primary amides is 1. The Hall–Kier alpha value is -2.94. The minimum atomic E-state index is -0.590. The van der Waals surface area contributed by atoms with Crippen LogP contribution in [0.25, 0.3) is 10.4 Å². The molecular formula is C29H31ClFN3O3S. The molecule has 1 aromatic heterocycles. The quantitative estimate of drug-likeness (QED) is 0.360. The summed E-state index contributed by atoms with van der Waals surface area (Å²) in [4.78, 5) is 19.9. The summed E-state index contributed by atoms with van der Waals surface area (Å²) in [5, 5.41) is 3.70. The Balaban J connectivity index is 0.000000155. The van der Waals surface area contributed by atoms with E-state index in [1.54, 1.807) is 12.1 Å². The van der Waals surface area contributed by atoms with Crippen LogP contribution < -0.4 is 10.5 Å². The van der Waals surface area contributed by atoms with Gasteiger partial charge in [0, 0.05) is 16.0 Å². The Morgan fingerprint density at radius 2 is 1.97 bits per heavy atom. The van der Waals surface area contributed by atoms with Crippen LogP contribution in [-0.2, 0) is 22.7 Å². The van der Waals surface area contributed by atoms with E-state index in [2.05, 4.69) is 10.1 Å². The maximum absolute atomic E-state index is 13.8. The molecule has 3 aromatic rings. The van der Waals surface area contributed by atoms with E-state index < -0.39 is 5.91 Å². The van der Waals surface area contributed by atoms with Gasteiger partial charge in [-0.25, -0.2) is 4.39 Å². The van der Waals surface area contributed by atoms with Crippen molar-refractivity contribution in [1.82, 2.24) is 4.90 Å². The zero-order valence-electron chi connectivity index (χ0n) is 21.1. The number of carbonyl (C=O) groups excluding carboxylic acids is 1. The smallest absolute Gasteiger partial charge is 0.271 e. The third-order valence-electron chi connectivity index (χ3n) is 6.78. The van der Waals surface area contributed by atoms with Crippen LogP contribution in [0.4, 0.5) is 4.39 Å². The molecule has 0 spiro atoms. The fraction of sp³-hybridized carbons (Fsp3) is 0.379. The Morgan fingerprint density at radius 3 is 2.66 bits per heavy atom. The van der Waals surface area contributed by atoms with Gasteiger partial charge in [0.1, 0.15) is 6.61 Å². The molecule has 3 heterocycles. The number of nitrogens with two attached hydrogens (primary N) is 1. The highest BCUT2D eigenvalue weighted by atomic mass is 35.5. The maximum Gasteiger partial charge on any atom is 0.271 e. The summed E-state index contributed by atoms with van der Waals surface area (Å²) >= 11 is 7.43. The second-order valence-electron chi connectivity index (χ2n) is 9.79. The molecule has 6 rings (SSSR count). The van der Waals surface area contributed by atoms with Gasteiger partial charge in [-0.15, -0.1) is 11.3 Å². The maximum atomic E-state index is 13.8. The highest BCUT2D eigenvalue weighted by Gasteiger charge is 2.25. The largest absolute Gasteiger partial charge is 0.487 e. The van der Waals surface area contributed by atoms with E-state index >= 15 is 0 Å². The number of ether oxygens (including phenoxy) is 1. The molecule has 2 aliphatic heterocycles. The Bertz CT molecular complexity index is 1320. The van der Waals surface area contributed by atoms with Crippen molar-refractivity contribution in [3.63, 3.8) is 0 Å². The molecule has 1 amide bonds. The van der Waals surface area contributed by atoms with Crippen molar-refractivity contribution in [2.75, 3.05) is 19.6 Å². The molecule has 2 aromatic carbocycles. The summed E-state index contributed by atoms with van der Waals surface area (Å²) in [5.74, 6) is -0.371. The van der Waals surface area contributed by atoms with Gasteiger partial charge < -0.3 is 20.2 Å². The van der Waals surface area contributed by atoms with Crippen LogP contribution in [0.5, 0.6) is 5.75 Å². The predicted octanol–water partition coefficient (Wildman–Crippen LogP) is 6.18. The third-order valence-corrected chi connectivity index (χ3v) is 8.06. The van der Waals surface area contributed by atoms with Crippen molar-refractivity contribution in [2.24, 2.45) is 10.9 Å². The van der Waals surface area contributed by atoms with Crippen LogP contribution >= 0.6 is 22.9 Å². The van der Waals surface area contributed by atoms with Crippen LogP contribution in [0, 0.1) is 5.82 Å². The first-order chi connectivity index (χ1) is 18.5. The first kappa shape index (κ1) is 26.7. The van der Waals surface area contributed by atoms with E-state index in [1.807, 2.05) is 36.4 Å². The first-order valence-corrected chi connectivity index (χ1v) is 14.2. The van der Waals surface area contributed by atoms with Gasteiger partial charge in [-0.3, -0.25) is 4.79 Å². The number of likely N-dealkylation sites (tertiary alicyclic amines) is 1. The molecule has 1 saturated carbocycles. The second-order valence-corrected chi connectivity index (χ2v) is 11.5. The molecule has 2 fully saturated rings. The number of oxime groups is 1. The van der Waals surface area contributed by atoms with Crippen molar-refractivity contribution < 1.29 is 18.8 Å². The number of aryl methyl sites for hydroxylation is 1. The van der Waals surface area contributed by atoms with Crippen LogP contribution in [0.2, 0.25) is 4.34 Å². The number of thiophene rings is 1. The highest BCUT2D eigenvalue weighted by Crippen LogP contribution is 2.33. The average Bonchev–Trinajstić information content (AvgIpc) is 3.37. The van der Waals surface area contributed by atoms with Crippen molar-refractivity contribution in [1.29, 1.82) is 0 Å².